The summed E-state index contributed by atoms with van der Waals surface area (Å²) in [5.41, 5.74) is 1.97. The summed E-state index contributed by atoms with van der Waals surface area (Å²) >= 11 is 0. The second-order valence-electron chi connectivity index (χ2n) is 7.90. The highest BCUT2D eigenvalue weighted by atomic mass is 15.1. The van der Waals surface area contributed by atoms with Crippen molar-refractivity contribution in [3.8, 4) is 0 Å². The standard InChI is InChI=1S/C23H44N4/c1-5-7-9-11-13-17-27(18-14-12-10-8-6-2)19-15-16-24-23-22(4)25-20-21(3)26-23/h20H,5-19H2,1-4H3,(H,24,26). The Morgan fingerprint density at radius 3 is 1.93 bits per heavy atom. The van der Waals surface area contributed by atoms with Crippen LogP contribution in [0.4, 0.5) is 5.82 Å². The fourth-order valence-corrected chi connectivity index (χ4v) is 3.43. The van der Waals surface area contributed by atoms with Crippen LogP contribution in [0, 0.1) is 13.8 Å². The summed E-state index contributed by atoms with van der Waals surface area (Å²) in [5.74, 6) is 0.945. The fraction of sp³-hybridized carbons (Fsp3) is 0.826. The van der Waals surface area contributed by atoms with Crippen LogP contribution in [-0.4, -0.2) is 41.0 Å². The average molecular weight is 377 g/mol. The van der Waals surface area contributed by atoms with Crippen molar-refractivity contribution in [2.75, 3.05) is 31.5 Å². The Balaban J connectivity index is 2.29. The fourth-order valence-electron chi connectivity index (χ4n) is 3.43. The van der Waals surface area contributed by atoms with Gasteiger partial charge < -0.3 is 10.2 Å². The van der Waals surface area contributed by atoms with Crippen LogP contribution in [0.1, 0.15) is 95.9 Å². The molecule has 27 heavy (non-hydrogen) atoms. The molecule has 0 bridgehead atoms. The van der Waals surface area contributed by atoms with Crippen LogP contribution in [0.2, 0.25) is 0 Å². The van der Waals surface area contributed by atoms with Crippen LogP contribution in [0.3, 0.4) is 0 Å². The maximum Gasteiger partial charge on any atom is 0.147 e. The molecular weight excluding hydrogens is 332 g/mol. The van der Waals surface area contributed by atoms with Crippen molar-refractivity contribution in [2.24, 2.45) is 0 Å². The van der Waals surface area contributed by atoms with E-state index < -0.39 is 0 Å². The summed E-state index contributed by atoms with van der Waals surface area (Å²) in [4.78, 5) is 11.6. The molecule has 0 atom stereocenters. The molecule has 0 aliphatic heterocycles. The summed E-state index contributed by atoms with van der Waals surface area (Å²) in [5, 5.41) is 3.48. The lowest BCUT2D eigenvalue weighted by Gasteiger charge is -2.22. The van der Waals surface area contributed by atoms with Crippen molar-refractivity contribution < 1.29 is 0 Å². The zero-order valence-electron chi connectivity index (χ0n) is 18.5. The average Bonchev–Trinajstić information content (AvgIpc) is 2.66. The zero-order chi connectivity index (χ0) is 19.7. The molecule has 0 radical (unpaired) electrons. The predicted octanol–water partition coefficient (Wildman–Crippen LogP) is 6.14. The van der Waals surface area contributed by atoms with Crippen LogP contribution in [-0.2, 0) is 0 Å². The van der Waals surface area contributed by atoms with Gasteiger partial charge in [0.05, 0.1) is 11.4 Å². The highest BCUT2D eigenvalue weighted by Gasteiger charge is 2.06. The van der Waals surface area contributed by atoms with Crippen molar-refractivity contribution in [1.82, 2.24) is 14.9 Å². The Morgan fingerprint density at radius 1 is 0.778 bits per heavy atom. The van der Waals surface area contributed by atoms with Crippen LogP contribution in [0.15, 0.2) is 6.20 Å². The van der Waals surface area contributed by atoms with Gasteiger partial charge in [-0.25, -0.2) is 4.98 Å². The minimum atomic E-state index is 0.945. The largest absolute Gasteiger partial charge is 0.369 e. The van der Waals surface area contributed by atoms with E-state index in [-0.39, 0.29) is 0 Å². The minimum absolute atomic E-state index is 0.945. The van der Waals surface area contributed by atoms with Crippen LogP contribution in [0.25, 0.3) is 0 Å². The lowest BCUT2D eigenvalue weighted by molar-refractivity contribution is 0.259. The van der Waals surface area contributed by atoms with Gasteiger partial charge in [0.2, 0.25) is 0 Å². The molecule has 1 N–H and O–H groups in total. The summed E-state index contributed by atoms with van der Waals surface area (Å²) < 4.78 is 0. The van der Waals surface area contributed by atoms with Crippen molar-refractivity contribution in [1.29, 1.82) is 0 Å². The van der Waals surface area contributed by atoms with Crippen molar-refractivity contribution in [2.45, 2.75) is 98.3 Å². The number of nitrogens with one attached hydrogen (secondary N) is 1. The van der Waals surface area contributed by atoms with E-state index in [1.807, 2.05) is 20.0 Å². The Hall–Kier alpha value is -1.16. The number of rotatable bonds is 17. The minimum Gasteiger partial charge on any atom is -0.369 e. The molecule has 1 heterocycles. The van der Waals surface area contributed by atoms with E-state index in [9.17, 15) is 0 Å². The summed E-state index contributed by atoms with van der Waals surface area (Å²) in [6.45, 7) is 13.3. The number of hydrogen-bond acceptors (Lipinski definition) is 4. The van der Waals surface area contributed by atoms with Gasteiger partial charge >= 0.3 is 0 Å². The first-order valence-electron chi connectivity index (χ1n) is 11.4. The predicted molar refractivity (Wildman–Crippen MR) is 119 cm³/mol. The molecule has 4 nitrogen and oxygen atoms in total. The Morgan fingerprint density at radius 2 is 1.33 bits per heavy atom. The third-order valence-electron chi connectivity index (χ3n) is 5.18. The van der Waals surface area contributed by atoms with Crippen molar-refractivity contribution >= 4 is 5.82 Å². The topological polar surface area (TPSA) is 41.0 Å². The molecule has 0 spiro atoms. The molecule has 0 saturated carbocycles. The number of aromatic nitrogens is 2. The molecule has 0 aliphatic rings. The number of hydrogen-bond donors (Lipinski definition) is 1. The molecule has 0 unspecified atom stereocenters. The summed E-state index contributed by atoms with van der Waals surface area (Å²) in [6.07, 6.45) is 16.7. The third kappa shape index (κ3) is 12.0. The molecule has 156 valence electrons. The van der Waals surface area contributed by atoms with Crippen LogP contribution >= 0.6 is 0 Å². The molecule has 0 amide bonds. The maximum atomic E-state index is 4.56. The molecule has 1 aromatic heterocycles. The second-order valence-corrected chi connectivity index (χ2v) is 7.90. The number of anilines is 1. The van der Waals surface area contributed by atoms with E-state index in [0.29, 0.717) is 0 Å². The highest BCUT2D eigenvalue weighted by Crippen LogP contribution is 2.10. The lowest BCUT2D eigenvalue weighted by Crippen LogP contribution is -2.28. The van der Waals surface area contributed by atoms with Gasteiger partial charge in [0.15, 0.2) is 0 Å². The monoisotopic (exact) mass is 376 g/mol. The molecule has 1 rings (SSSR count). The third-order valence-corrected chi connectivity index (χ3v) is 5.18. The molecule has 0 aliphatic carbocycles. The van der Waals surface area contributed by atoms with Gasteiger partial charge in [-0.3, -0.25) is 4.98 Å². The number of unbranched alkanes of at least 4 members (excludes halogenated alkanes) is 8. The van der Waals surface area contributed by atoms with Gasteiger partial charge in [-0.15, -0.1) is 0 Å². The van der Waals surface area contributed by atoms with E-state index in [1.54, 1.807) is 0 Å². The van der Waals surface area contributed by atoms with Crippen molar-refractivity contribution in [3.05, 3.63) is 17.6 Å². The molecular formula is C23H44N4. The zero-order valence-corrected chi connectivity index (χ0v) is 18.5. The first-order chi connectivity index (χ1) is 13.2. The maximum absolute atomic E-state index is 4.56. The Labute approximate surface area is 168 Å². The molecule has 0 saturated heterocycles. The summed E-state index contributed by atoms with van der Waals surface area (Å²) in [6, 6.07) is 0. The molecule has 1 aromatic rings. The van der Waals surface area contributed by atoms with Gasteiger partial charge in [0.25, 0.3) is 0 Å². The van der Waals surface area contributed by atoms with E-state index in [2.05, 4.69) is 34.0 Å². The molecule has 0 aromatic carbocycles. The highest BCUT2D eigenvalue weighted by molar-refractivity contribution is 5.39. The Kier molecular flexibility index (Phi) is 14.0. The van der Waals surface area contributed by atoms with E-state index >= 15 is 0 Å². The normalized spacial score (nSPS) is 11.3. The van der Waals surface area contributed by atoms with Gasteiger partial charge in [0.1, 0.15) is 5.82 Å². The van der Waals surface area contributed by atoms with Gasteiger partial charge in [-0.05, 0) is 52.7 Å². The van der Waals surface area contributed by atoms with Gasteiger partial charge in [0, 0.05) is 12.7 Å². The van der Waals surface area contributed by atoms with Crippen LogP contribution < -0.4 is 5.32 Å². The molecule has 0 fully saturated rings. The number of nitrogens with zero attached hydrogens (tertiary/aromatic N) is 3. The first kappa shape index (κ1) is 23.9. The summed E-state index contributed by atoms with van der Waals surface area (Å²) in [7, 11) is 0. The van der Waals surface area contributed by atoms with E-state index in [1.165, 1.54) is 90.3 Å². The molecule has 4 heteroatoms. The van der Waals surface area contributed by atoms with Gasteiger partial charge in [-0.1, -0.05) is 65.2 Å². The smallest absolute Gasteiger partial charge is 0.147 e. The lowest BCUT2D eigenvalue weighted by atomic mass is 10.1. The van der Waals surface area contributed by atoms with Crippen LogP contribution in [0.5, 0.6) is 0 Å². The van der Waals surface area contributed by atoms with Gasteiger partial charge in [-0.2, -0.15) is 0 Å². The van der Waals surface area contributed by atoms with Crippen molar-refractivity contribution in [3.63, 3.8) is 0 Å². The Bertz CT molecular complexity index is 461. The second kappa shape index (κ2) is 15.9. The quantitative estimate of drug-likeness (QED) is 0.332. The number of aryl methyl sites for hydroxylation is 2. The van der Waals surface area contributed by atoms with E-state index in [4.69, 9.17) is 0 Å². The van der Waals surface area contributed by atoms with E-state index in [0.717, 1.165) is 23.8 Å². The SMILES string of the molecule is CCCCCCCN(CCCCCCC)CCCNc1nc(C)cnc1C. The first-order valence-corrected chi connectivity index (χ1v) is 11.4.